The van der Waals surface area contributed by atoms with E-state index in [9.17, 15) is 14.0 Å². The number of benzene rings is 2. The Morgan fingerprint density at radius 1 is 1.15 bits per heavy atom. The fourth-order valence-electron chi connectivity index (χ4n) is 3.07. The van der Waals surface area contributed by atoms with Crippen LogP contribution in [-0.2, 0) is 6.54 Å². The molecule has 1 unspecified atom stereocenters. The van der Waals surface area contributed by atoms with E-state index in [-0.39, 0.29) is 23.3 Å². The number of carbonyl (C=O) groups is 2. The van der Waals surface area contributed by atoms with Crippen LogP contribution in [0.25, 0.3) is 0 Å². The minimum Gasteiger partial charge on any atom is -0.351 e. The second-order valence-corrected chi connectivity index (χ2v) is 7.10. The monoisotopic (exact) mass is 354 g/mol. The van der Waals surface area contributed by atoms with Crippen LogP contribution < -0.4 is 10.6 Å². The van der Waals surface area contributed by atoms with Crippen molar-refractivity contribution >= 4 is 11.8 Å². The highest BCUT2D eigenvalue weighted by Crippen LogP contribution is 2.23. The highest BCUT2D eigenvalue weighted by atomic mass is 19.1. The summed E-state index contributed by atoms with van der Waals surface area (Å²) in [5.41, 5.74) is 3.64. The third-order valence-electron chi connectivity index (χ3n) is 4.86. The first-order valence-corrected chi connectivity index (χ1v) is 8.85. The first-order chi connectivity index (χ1) is 12.4. The van der Waals surface area contributed by atoms with Crippen LogP contribution in [0.5, 0.6) is 0 Å². The second-order valence-electron chi connectivity index (χ2n) is 7.10. The molecule has 1 aliphatic rings. The highest BCUT2D eigenvalue weighted by Gasteiger charge is 2.20. The van der Waals surface area contributed by atoms with Gasteiger partial charge in [-0.3, -0.25) is 9.59 Å². The summed E-state index contributed by atoms with van der Waals surface area (Å²) in [5, 5.41) is 5.60. The molecule has 0 bridgehead atoms. The van der Waals surface area contributed by atoms with Crippen molar-refractivity contribution in [1.82, 2.24) is 10.6 Å². The van der Waals surface area contributed by atoms with Gasteiger partial charge in [0.2, 0.25) is 0 Å². The Bertz CT molecular complexity index is 861. The molecule has 0 aromatic heterocycles. The predicted molar refractivity (Wildman–Crippen MR) is 98.8 cm³/mol. The molecule has 1 heterocycles. The molecule has 1 atom stereocenters. The van der Waals surface area contributed by atoms with Gasteiger partial charge in [-0.05, 0) is 46.7 Å². The maximum atomic E-state index is 14.0. The summed E-state index contributed by atoms with van der Waals surface area (Å²) in [5.74, 6) is -0.775. The first-order valence-electron chi connectivity index (χ1n) is 8.85. The average molecular weight is 354 g/mol. The topological polar surface area (TPSA) is 58.2 Å². The molecule has 26 heavy (non-hydrogen) atoms. The molecule has 2 aromatic carbocycles. The van der Waals surface area contributed by atoms with Crippen molar-refractivity contribution in [1.29, 1.82) is 0 Å². The van der Waals surface area contributed by atoms with Gasteiger partial charge in [0.15, 0.2) is 0 Å². The molecule has 2 aromatic rings. The van der Waals surface area contributed by atoms with Crippen LogP contribution in [0.1, 0.15) is 70.0 Å². The molecule has 0 fully saturated rings. The van der Waals surface area contributed by atoms with E-state index >= 15 is 0 Å². The second kappa shape index (κ2) is 7.28. The zero-order valence-electron chi connectivity index (χ0n) is 15.2. The summed E-state index contributed by atoms with van der Waals surface area (Å²) < 4.78 is 14.0. The third kappa shape index (κ3) is 3.62. The molecule has 136 valence electrons. The van der Waals surface area contributed by atoms with Gasteiger partial charge in [-0.25, -0.2) is 4.39 Å². The number of nitrogens with one attached hydrogen (secondary N) is 2. The van der Waals surface area contributed by atoms with Crippen molar-refractivity contribution in [2.75, 3.05) is 6.54 Å². The fourth-order valence-corrected chi connectivity index (χ4v) is 3.07. The SMILES string of the molecule is CC(C)c1ccc(F)c(C(=O)NCC(C)c2ccc3c(c2)C(=O)NC3)c1. The standard InChI is InChI=1S/C21H23FN2O2/c1-12(2)14-6-7-19(22)18(8-14)21(26)23-10-13(3)15-4-5-16-11-24-20(25)17(16)9-15/h4-9,12-13H,10-11H2,1-3H3,(H,23,26)(H,24,25). The Labute approximate surface area is 152 Å². The van der Waals surface area contributed by atoms with Crippen LogP contribution >= 0.6 is 0 Å². The Morgan fingerprint density at radius 3 is 2.62 bits per heavy atom. The quantitative estimate of drug-likeness (QED) is 0.860. The van der Waals surface area contributed by atoms with Crippen LogP contribution in [0.2, 0.25) is 0 Å². The van der Waals surface area contributed by atoms with Crippen LogP contribution in [-0.4, -0.2) is 18.4 Å². The number of carbonyl (C=O) groups excluding carboxylic acids is 2. The summed E-state index contributed by atoms with van der Waals surface area (Å²) in [4.78, 5) is 24.2. The van der Waals surface area contributed by atoms with Gasteiger partial charge in [0.1, 0.15) is 5.82 Å². The number of hydrogen-bond donors (Lipinski definition) is 2. The molecule has 0 saturated heterocycles. The number of amides is 2. The molecule has 3 rings (SSSR count). The lowest BCUT2D eigenvalue weighted by molar-refractivity contribution is 0.0943. The average Bonchev–Trinajstić information content (AvgIpc) is 3.00. The van der Waals surface area contributed by atoms with E-state index in [1.54, 1.807) is 12.1 Å². The molecule has 0 aliphatic carbocycles. The minimum atomic E-state index is -0.520. The van der Waals surface area contributed by atoms with E-state index in [2.05, 4.69) is 10.6 Å². The number of fused-ring (bicyclic) bond motifs is 1. The largest absolute Gasteiger partial charge is 0.351 e. The normalized spacial score (nSPS) is 14.1. The zero-order chi connectivity index (χ0) is 18.8. The van der Waals surface area contributed by atoms with E-state index < -0.39 is 11.7 Å². The molecular weight excluding hydrogens is 331 g/mol. The number of halogens is 1. The van der Waals surface area contributed by atoms with Crippen LogP contribution in [0.4, 0.5) is 4.39 Å². The van der Waals surface area contributed by atoms with Crippen LogP contribution in [0.15, 0.2) is 36.4 Å². The first kappa shape index (κ1) is 18.1. The fraction of sp³-hybridized carbons (Fsp3) is 0.333. The maximum Gasteiger partial charge on any atom is 0.254 e. The summed E-state index contributed by atoms with van der Waals surface area (Å²) in [6, 6.07) is 10.4. The van der Waals surface area contributed by atoms with Crippen molar-refractivity contribution in [2.24, 2.45) is 0 Å². The van der Waals surface area contributed by atoms with Gasteiger partial charge >= 0.3 is 0 Å². The summed E-state index contributed by atoms with van der Waals surface area (Å²) in [6.45, 7) is 6.90. The lowest BCUT2D eigenvalue weighted by Gasteiger charge is -2.15. The smallest absolute Gasteiger partial charge is 0.254 e. The Morgan fingerprint density at radius 2 is 1.88 bits per heavy atom. The van der Waals surface area contributed by atoms with Gasteiger partial charge in [0, 0.05) is 18.7 Å². The van der Waals surface area contributed by atoms with E-state index in [4.69, 9.17) is 0 Å². The molecule has 1 aliphatic heterocycles. The van der Waals surface area contributed by atoms with Crippen molar-refractivity contribution < 1.29 is 14.0 Å². The van der Waals surface area contributed by atoms with Gasteiger partial charge in [-0.2, -0.15) is 0 Å². The molecule has 0 radical (unpaired) electrons. The lowest BCUT2D eigenvalue weighted by Crippen LogP contribution is -2.28. The molecule has 0 spiro atoms. The predicted octanol–water partition coefficient (Wildman–Crippen LogP) is 3.73. The molecular formula is C21H23FN2O2. The molecule has 5 heteroatoms. The Kier molecular flexibility index (Phi) is 5.07. The maximum absolute atomic E-state index is 14.0. The van der Waals surface area contributed by atoms with E-state index in [0.717, 1.165) is 16.7 Å². The van der Waals surface area contributed by atoms with Gasteiger partial charge in [0.05, 0.1) is 5.56 Å². The Balaban J connectivity index is 1.69. The molecule has 2 N–H and O–H groups in total. The highest BCUT2D eigenvalue weighted by molar-refractivity contribution is 5.98. The van der Waals surface area contributed by atoms with Gasteiger partial charge in [0.25, 0.3) is 11.8 Å². The van der Waals surface area contributed by atoms with Crippen molar-refractivity contribution in [3.8, 4) is 0 Å². The molecule has 0 saturated carbocycles. The Hall–Kier alpha value is -2.69. The van der Waals surface area contributed by atoms with E-state index in [1.165, 1.54) is 6.07 Å². The number of rotatable bonds is 5. The zero-order valence-corrected chi connectivity index (χ0v) is 15.2. The van der Waals surface area contributed by atoms with Crippen molar-refractivity contribution in [3.63, 3.8) is 0 Å². The molecule has 4 nitrogen and oxygen atoms in total. The third-order valence-corrected chi connectivity index (χ3v) is 4.86. The summed E-state index contributed by atoms with van der Waals surface area (Å²) in [6.07, 6.45) is 0. The van der Waals surface area contributed by atoms with Crippen LogP contribution in [0, 0.1) is 5.82 Å². The van der Waals surface area contributed by atoms with E-state index in [0.29, 0.717) is 18.7 Å². The summed E-state index contributed by atoms with van der Waals surface area (Å²) >= 11 is 0. The van der Waals surface area contributed by atoms with Gasteiger partial charge in [-0.1, -0.05) is 39.0 Å². The molecule has 2 amide bonds. The van der Waals surface area contributed by atoms with Crippen molar-refractivity contribution in [3.05, 3.63) is 70.0 Å². The van der Waals surface area contributed by atoms with Crippen LogP contribution in [0.3, 0.4) is 0 Å². The van der Waals surface area contributed by atoms with Crippen molar-refractivity contribution in [2.45, 2.75) is 39.2 Å². The van der Waals surface area contributed by atoms with E-state index in [1.807, 2.05) is 39.0 Å². The minimum absolute atomic E-state index is 0.00833. The summed E-state index contributed by atoms with van der Waals surface area (Å²) in [7, 11) is 0. The van der Waals surface area contributed by atoms with Gasteiger partial charge in [-0.15, -0.1) is 0 Å². The lowest BCUT2D eigenvalue weighted by atomic mass is 9.96. The number of hydrogen-bond acceptors (Lipinski definition) is 2. The van der Waals surface area contributed by atoms with Gasteiger partial charge < -0.3 is 10.6 Å².